The number of nitrogens with one attached hydrogen (secondary N) is 1. The van der Waals surface area contributed by atoms with Crippen molar-refractivity contribution < 1.29 is 33.0 Å². The maximum Gasteiger partial charge on any atom is 0.413 e. The number of rotatable bonds is 4. The number of methoxy groups -OCH3 is 2. The molecule has 0 radical (unpaired) electrons. The molecule has 114 valence electrons. The number of hydrogen-bond donors (Lipinski definition) is 1. The molecule has 1 N–H and O–H groups in total. The van der Waals surface area contributed by atoms with E-state index in [0.29, 0.717) is 0 Å². The van der Waals surface area contributed by atoms with Gasteiger partial charge in [0.15, 0.2) is 6.10 Å². The summed E-state index contributed by atoms with van der Waals surface area (Å²) in [5.74, 6) is -2.53. The van der Waals surface area contributed by atoms with Gasteiger partial charge in [-0.15, -0.1) is 0 Å². The Kier molecular flexibility index (Phi) is 5.65. The van der Waals surface area contributed by atoms with Crippen LogP contribution < -0.4 is 10.1 Å². The van der Waals surface area contributed by atoms with E-state index < -0.39 is 29.9 Å². The third-order valence-electron chi connectivity index (χ3n) is 2.46. The van der Waals surface area contributed by atoms with E-state index in [4.69, 9.17) is 9.47 Å². The van der Waals surface area contributed by atoms with Gasteiger partial charge >= 0.3 is 12.1 Å². The molecule has 0 aromatic heterocycles. The molecule has 7 nitrogen and oxygen atoms in total. The summed E-state index contributed by atoms with van der Waals surface area (Å²) < 4.78 is 27.4. The lowest BCUT2D eigenvalue weighted by atomic mass is 10.2. The normalized spacial score (nSPS) is 11.2. The number of esters is 1. The zero-order valence-corrected chi connectivity index (χ0v) is 11.6. The molecular formula is C13H14FNO6. The van der Waals surface area contributed by atoms with Crippen molar-refractivity contribution in [1.82, 2.24) is 5.32 Å². The van der Waals surface area contributed by atoms with Crippen LogP contribution in [0.15, 0.2) is 18.2 Å². The minimum atomic E-state index is -1.29. The van der Waals surface area contributed by atoms with Crippen molar-refractivity contribution in [3.05, 3.63) is 29.6 Å². The summed E-state index contributed by atoms with van der Waals surface area (Å²) in [4.78, 5) is 34.0. The van der Waals surface area contributed by atoms with E-state index in [9.17, 15) is 18.8 Å². The fraction of sp³-hybridized carbons (Fsp3) is 0.308. The highest BCUT2D eigenvalue weighted by molar-refractivity contribution is 5.97. The van der Waals surface area contributed by atoms with Crippen LogP contribution in [0.25, 0.3) is 0 Å². The van der Waals surface area contributed by atoms with E-state index in [1.807, 2.05) is 5.32 Å². The van der Waals surface area contributed by atoms with Gasteiger partial charge in [0.25, 0.3) is 5.91 Å². The predicted molar refractivity (Wildman–Crippen MR) is 68.4 cm³/mol. The molecule has 8 heteroatoms. The Balaban J connectivity index is 2.72. The number of imide groups is 1. The minimum Gasteiger partial charge on any atom is -0.497 e. The van der Waals surface area contributed by atoms with Crippen molar-refractivity contribution >= 4 is 18.0 Å². The molecule has 0 spiro atoms. The molecule has 2 amide bonds. The largest absolute Gasteiger partial charge is 0.497 e. The third-order valence-corrected chi connectivity index (χ3v) is 2.46. The van der Waals surface area contributed by atoms with Gasteiger partial charge < -0.3 is 14.2 Å². The summed E-state index contributed by atoms with van der Waals surface area (Å²) in [6, 6.07) is 3.55. The van der Waals surface area contributed by atoms with Crippen LogP contribution in [0.2, 0.25) is 0 Å². The molecule has 0 aliphatic heterocycles. The van der Waals surface area contributed by atoms with Gasteiger partial charge in [-0.2, -0.15) is 0 Å². The molecule has 0 bridgehead atoms. The molecule has 1 aromatic rings. The fourth-order valence-electron chi connectivity index (χ4n) is 1.32. The van der Waals surface area contributed by atoms with Gasteiger partial charge in [0.2, 0.25) is 0 Å². The van der Waals surface area contributed by atoms with Crippen LogP contribution in [0.4, 0.5) is 9.18 Å². The van der Waals surface area contributed by atoms with Crippen molar-refractivity contribution in [2.75, 3.05) is 14.2 Å². The van der Waals surface area contributed by atoms with Crippen LogP contribution in [0.3, 0.4) is 0 Å². The van der Waals surface area contributed by atoms with Crippen molar-refractivity contribution in [3.8, 4) is 5.75 Å². The number of benzene rings is 1. The third kappa shape index (κ3) is 4.44. The molecule has 0 aliphatic carbocycles. The van der Waals surface area contributed by atoms with Gasteiger partial charge in [-0.05, 0) is 19.1 Å². The number of carbonyl (C=O) groups is 3. The summed E-state index contributed by atoms with van der Waals surface area (Å²) in [5, 5.41) is 1.83. The quantitative estimate of drug-likeness (QED) is 0.842. The minimum absolute atomic E-state index is 0.237. The van der Waals surface area contributed by atoms with Crippen LogP contribution in [0.5, 0.6) is 5.75 Å². The van der Waals surface area contributed by atoms with E-state index in [1.165, 1.54) is 26.2 Å². The number of amides is 2. The van der Waals surface area contributed by atoms with Gasteiger partial charge in [-0.25, -0.2) is 14.0 Å². The number of hydrogen-bond acceptors (Lipinski definition) is 6. The first-order valence-electron chi connectivity index (χ1n) is 5.82. The van der Waals surface area contributed by atoms with Gasteiger partial charge in [0, 0.05) is 6.07 Å². The molecule has 1 rings (SSSR count). The number of halogens is 1. The van der Waals surface area contributed by atoms with Crippen LogP contribution >= 0.6 is 0 Å². The van der Waals surface area contributed by atoms with E-state index in [0.717, 1.165) is 13.2 Å². The number of ether oxygens (including phenoxy) is 3. The Bertz CT molecular complexity index is 560. The van der Waals surface area contributed by atoms with Gasteiger partial charge in [0.05, 0.1) is 19.8 Å². The Morgan fingerprint density at radius 1 is 1.24 bits per heavy atom. The predicted octanol–water partition coefficient (Wildman–Crippen LogP) is 1.26. The lowest BCUT2D eigenvalue weighted by molar-refractivity contribution is -0.128. The number of alkyl carbamates (subject to hydrolysis) is 1. The average Bonchev–Trinajstić information content (AvgIpc) is 2.46. The average molecular weight is 299 g/mol. The Hall–Kier alpha value is -2.64. The maximum absolute atomic E-state index is 13.6. The molecule has 1 aromatic carbocycles. The van der Waals surface area contributed by atoms with Crippen molar-refractivity contribution in [2.45, 2.75) is 13.0 Å². The zero-order valence-electron chi connectivity index (χ0n) is 11.6. The van der Waals surface area contributed by atoms with Crippen molar-refractivity contribution in [1.29, 1.82) is 0 Å². The first kappa shape index (κ1) is 16.4. The second kappa shape index (κ2) is 7.22. The fourth-order valence-corrected chi connectivity index (χ4v) is 1.32. The van der Waals surface area contributed by atoms with E-state index >= 15 is 0 Å². The van der Waals surface area contributed by atoms with Crippen molar-refractivity contribution in [2.24, 2.45) is 0 Å². The van der Waals surface area contributed by atoms with Crippen molar-refractivity contribution in [3.63, 3.8) is 0 Å². The molecule has 21 heavy (non-hydrogen) atoms. The molecule has 0 unspecified atom stereocenters. The second-order valence-corrected chi connectivity index (χ2v) is 3.87. The molecule has 0 fully saturated rings. The second-order valence-electron chi connectivity index (χ2n) is 3.87. The highest BCUT2D eigenvalue weighted by Crippen LogP contribution is 2.17. The Labute approximate surface area is 120 Å². The molecule has 0 saturated carbocycles. The lowest BCUT2D eigenvalue weighted by Crippen LogP contribution is -2.39. The van der Waals surface area contributed by atoms with Gasteiger partial charge in [0.1, 0.15) is 11.6 Å². The first-order valence-corrected chi connectivity index (χ1v) is 5.82. The van der Waals surface area contributed by atoms with E-state index in [-0.39, 0.29) is 11.3 Å². The molecular weight excluding hydrogens is 285 g/mol. The van der Waals surface area contributed by atoms with Gasteiger partial charge in [-0.3, -0.25) is 10.1 Å². The summed E-state index contributed by atoms with van der Waals surface area (Å²) in [6.45, 7) is 1.23. The number of carbonyl (C=O) groups excluding carboxylic acids is 3. The monoisotopic (exact) mass is 299 g/mol. The van der Waals surface area contributed by atoms with E-state index in [2.05, 4.69) is 4.74 Å². The summed E-state index contributed by atoms with van der Waals surface area (Å²) in [5.41, 5.74) is -0.353. The van der Waals surface area contributed by atoms with Crippen LogP contribution in [0, 0.1) is 5.82 Å². The maximum atomic E-state index is 13.6. The molecule has 0 aliphatic rings. The molecule has 0 heterocycles. The summed E-state index contributed by atoms with van der Waals surface area (Å²) in [7, 11) is 2.43. The van der Waals surface area contributed by atoms with Gasteiger partial charge in [-0.1, -0.05) is 0 Å². The topological polar surface area (TPSA) is 90.9 Å². The van der Waals surface area contributed by atoms with Crippen LogP contribution in [-0.4, -0.2) is 38.3 Å². The SMILES string of the molecule is COC(=O)NC(=O)[C@H](C)OC(=O)c1ccc(OC)cc1F. The molecule has 1 atom stereocenters. The van der Waals surface area contributed by atoms with E-state index in [1.54, 1.807) is 0 Å². The van der Waals surface area contributed by atoms with Crippen LogP contribution in [0.1, 0.15) is 17.3 Å². The first-order chi connectivity index (χ1) is 9.88. The summed E-state index contributed by atoms with van der Waals surface area (Å²) in [6.07, 6.45) is -2.28. The lowest BCUT2D eigenvalue weighted by Gasteiger charge is -2.12. The Morgan fingerprint density at radius 2 is 1.90 bits per heavy atom. The zero-order chi connectivity index (χ0) is 16.0. The smallest absolute Gasteiger partial charge is 0.413 e. The standard InChI is InChI=1S/C13H14FNO6/c1-7(11(16)15-13(18)20-3)21-12(17)9-5-4-8(19-2)6-10(9)14/h4-7H,1-3H3,(H,15,16,18)/t7-/m0/s1. The molecule has 0 saturated heterocycles. The highest BCUT2D eigenvalue weighted by Gasteiger charge is 2.22. The highest BCUT2D eigenvalue weighted by atomic mass is 19.1. The van der Waals surface area contributed by atoms with Crippen LogP contribution in [-0.2, 0) is 14.3 Å². The Morgan fingerprint density at radius 3 is 2.43 bits per heavy atom. The summed E-state index contributed by atoms with van der Waals surface area (Å²) >= 11 is 0.